The van der Waals surface area contributed by atoms with Crippen molar-refractivity contribution in [1.82, 2.24) is 10.1 Å². The van der Waals surface area contributed by atoms with Crippen molar-refractivity contribution in [2.45, 2.75) is 13.3 Å². The Morgan fingerprint density at radius 1 is 1.25 bits per heavy atom. The zero-order chi connectivity index (χ0) is 15.1. The number of hydrogen-bond donors (Lipinski definition) is 0. The van der Waals surface area contributed by atoms with Crippen LogP contribution < -0.4 is 0 Å². The Morgan fingerprint density at radius 2 is 1.90 bits per heavy atom. The van der Waals surface area contributed by atoms with Crippen LogP contribution in [0, 0.1) is 6.92 Å². The van der Waals surface area contributed by atoms with Crippen LogP contribution in [0.25, 0.3) is 0 Å². The fraction of sp³-hybridized carbons (Fsp3) is 0.500. The zero-order valence-electron chi connectivity index (χ0n) is 11.5. The Bertz CT molecular complexity index is 496. The van der Waals surface area contributed by atoms with Crippen molar-refractivity contribution in [3.63, 3.8) is 0 Å². The lowest BCUT2D eigenvalue weighted by atomic mass is 10.3. The van der Waals surface area contributed by atoms with Crippen LogP contribution in [0.4, 0.5) is 0 Å². The Labute approximate surface area is 115 Å². The predicted octanol–water partition coefficient (Wildman–Crippen LogP) is 0.161. The lowest BCUT2D eigenvalue weighted by molar-refractivity contribution is -0.143. The summed E-state index contributed by atoms with van der Waals surface area (Å²) in [5.74, 6) is -1.12. The van der Waals surface area contributed by atoms with Crippen molar-refractivity contribution >= 4 is 17.8 Å². The summed E-state index contributed by atoms with van der Waals surface area (Å²) in [6, 6.07) is 1.45. The molecule has 110 valence electrons. The Morgan fingerprint density at radius 3 is 2.40 bits per heavy atom. The van der Waals surface area contributed by atoms with Gasteiger partial charge >= 0.3 is 11.9 Å². The number of esters is 2. The maximum Gasteiger partial charge on any atom is 0.325 e. The molecule has 0 saturated heterocycles. The summed E-state index contributed by atoms with van der Waals surface area (Å²) < 4.78 is 13.8. The molecule has 0 aliphatic heterocycles. The monoisotopic (exact) mass is 284 g/mol. The van der Waals surface area contributed by atoms with Crippen LogP contribution in [-0.2, 0) is 19.1 Å². The molecular weight excluding hydrogens is 268 g/mol. The van der Waals surface area contributed by atoms with Crippen molar-refractivity contribution < 1.29 is 28.4 Å². The van der Waals surface area contributed by atoms with Crippen LogP contribution in [0.3, 0.4) is 0 Å². The van der Waals surface area contributed by atoms with E-state index >= 15 is 0 Å². The number of methoxy groups -OCH3 is 2. The molecule has 20 heavy (non-hydrogen) atoms. The third kappa shape index (κ3) is 4.38. The third-order valence-corrected chi connectivity index (χ3v) is 2.50. The zero-order valence-corrected chi connectivity index (χ0v) is 11.5. The highest BCUT2D eigenvalue weighted by molar-refractivity contribution is 5.94. The molecule has 0 bridgehead atoms. The Balaban J connectivity index is 2.77. The predicted molar refractivity (Wildman–Crippen MR) is 65.8 cm³/mol. The number of hydrogen-bond acceptors (Lipinski definition) is 7. The summed E-state index contributed by atoms with van der Waals surface area (Å²) in [5, 5.41) is 3.58. The van der Waals surface area contributed by atoms with E-state index in [1.165, 1.54) is 20.3 Å². The molecule has 1 aromatic rings. The van der Waals surface area contributed by atoms with E-state index in [4.69, 9.17) is 4.52 Å². The van der Waals surface area contributed by atoms with Gasteiger partial charge in [-0.25, -0.2) is 0 Å². The van der Waals surface area contributed by atoms with Crippen LogP contribution >= 0.6 is 0 Å². The van der Waals surface area contributed by atoms with E-state index in [1.807, 2.05) is 0 Å². The van der Waals surface area contributed by atoms with Crippen molar-refractivity contribution in [2.24, 2.45) is 0 Å². The summed E-state index contributed by atoms with van der Waals surface area (Å²) in [4.78, 5) is 35.7. The molecule has 0 aromatic carbocycles. The highest BCUT2D eigenvalue weighted by Gasteiger charge is 2.22. The van der Waals surface area contributed by atoms with Gasteiger partial charge in [0, 0.05) is 12.6 Å². The van der Waals surface area contributed by atoms with Gasteiger partial charge in [-0.15, -0.1) is 0 Å². The average Bonchev–Trinajstić information content (AvgIpc) is 2.88. The van der Waals surface area contributed by atoms with Crippen LogP contribution in [0.1, 0.15) is 22.7 Å². The maximum absolute atomic E-state index is 12.2. The van der Waals surface area contributed by atoms with Crippen LogP contribution in [0.15, 0.2) is 10.6 Å². The van der Waals surface area contributed by atoms with E-state index in [0.29, 0.717) is 5.76 Å². The minimum atomic E-state index is -0.594. The second-order valence-corrected chi connectivity index (χ2v) is 3.95. The van der Waals surface area contributed by atoms with Gasteiger partial charge in [0.2, 0.25) is 0 Å². The fourth-order valence-corrected chi connectivity index (χ4v) is 1.43. The van der Waals surface area contributed by atoms with Crippen LogP contribution in [-0.4, -0.2) is 55.2 Å². The van der Waals surface area contributed by atoms with Gasteiger partial charge < -0.3 is 18.9 Å². The van der Waals surface area contributed by atoms with Gasteiger partial charge in [0.25, 0.3) is 5.91 Å². The molecule has 0 saturated carbocycles. The van der Waals surface area contributed by atoms with E-state index in [0.717, 1.165) is 4.90 Å². The highest BCUT2D eigenvalue weighted by Crippen LogP contribution is 2.07. The normalized spacial score (nSPS) is 9.95. The molecule has 0 fully saturated rings. The number of carbonyl (C=O) groups excluding carboxylic acids is 3. The highest BCUT2D eigenvalue weighted by atomic mass is 16.5. The second-order valence-electron chi connectivity index (χ2n) is 3.95. The number of rotatable bonds is 6. The SMILES string of the molecule is COC(=O)CCN(CC(=O)OC)C(=O)c1cc(C)on1. The Hall–Kier alpha value is -2.38. The third-order valence-electron chi connectivity index (χ3n) is 2.50. The number of amides is 1. The van der Waals surface area contributed by atoms with E-state index in [-0.39, 0.29) is 25.2 Å². The van der Waals surface area contributed by atoms with Gasteiger partial charge in [0.15, 0.2) is 5.69 Å². The summed E-state index contributed by atoms with van der Waals surface area (Å²) in [6.07, 6.45) is -0.0317. The molecule has 1 heterocycles. The standard InChI is InChI=1S/C12H16N2O6/c1-8-6-9(13-20-8)12(17)14(7-11(16)19-3)5-4-10(15)18-2/h6H,4-5,7H2,1-3H3. The van der Waals surface area contributed by atoms with Crippen molar-refractivity contribution in [3.8, 4) is 0 Å². The van der Waals surface area contributed by atoms with Crippen LogP contribution in [0.5, 0.6) is 0 Å². The van der Waals surface area contributed by atoms with Crippen molar-refractivity contribution in [3.05, 3.63) is 17.5 Å². The van der Waals surface area contributed by atoms with Gasteiger partial charge in [-0.3, -0.25) is 14.4 Å². The smallest absolute Gasteiger partial charge is 0.325 e. The van der Waals surface area contributed by atoms with E-state index in [1.54, 1.807) is 6.92 Å². The largest absolute Gasteiger partial charge is 0.469 e. The number of aryl methyl sites for hydroxylation is 1. The molecule has 8 nitrogen and oxygen atoms in total. The lowest BCUT2D eigenvalue weighted by Gasteiger charge is -2.19. The number of nitrogens with zero attached hydrogens (tertiary/aromatic N) is 2. The van der Waals surface area contributed by atoms with E-state index in [2.05, 4.69) is 14.6 Å². The van der Waals surface area contributed by atoms with Gasteiger partial charge in [0.05, 0.1) is 20.6 Å². The summed E-state index contributed by atoms with van der Waals surface area (Å²) in [6.45, 7) is 1.38. The average molecular weight is 284 g/mol. The molecule has 0 atom stereocenters. The van der Waals surface area contributed by atoms with Crippen molar-refractivity contribution in [1.29, 1.82) is 0 Å². The minimum Gasteiger partial charge on any atom is -0.469 e. The second kappa shape index (κ2) is 7.27. The molecule has 0 aliphatic carbocycles. The molecule has 0 aliphatic rings. The molecule has 1 aromatic heterocycles. The molecule has 0 unspecified atom stereocenters. The molecular formula is C12H16N2O6. The molecule has 0 N–H and O–H groups in total. The minimum absolute atomic E-state index is 0.0204. The van der Waals surface area contributed by atoms with Gasteiger partial charge in [-0.1, -0.05) is 5.16 Å². The number of ether oxygens (including phenoxy) is 2. The molecule has 1 amide bonds. The Kier molecular flexibility index (Phi) is 5.70. The summed E-state index contributed by atoms with van der Waals surface area (Å²) in [7, 11) is 2.46. The molecule has 0 spiro atoms. The first kappa shape index (κ1) is 15.7. The van der Waals surface area contributed by atoms with Crippen molar-refractivity contribution in [2.75, 3.05) is 27.3 Å². The molecule has 8 heteroatoms. The van der Waals surface area contributed by atoms with Crippen LogP contribution in [0.2, 0.25) is 0 Å². The fourth-order valence-electron chi connectivity index (χ4n) is 1.43. The number of aromatic nitrogens is 1. The first-order chi connectivity index (χ1) is 9.47. The van der Waals surface area contributed by atoms with E-state index < -0.39 is 17.8 Å². The topological polar surface area (TPSA) is 98.9 Å². The molecule has 1 rings (SSSR count). The molecule has 0 radical (unpaired) electrons. The van der Waals surface area contributed by atoms with Gasteiger partial charge in [0.1, 0.15) is 12.3 Å². The maximum atomic E-state index is 12.2. The summed E-state index contributed by atoms with van der Waals surface area (Å²) >= 11 is 0. The van der Waals surface area contributed by atoms with Gasteiger partial charge in [-0.05, 0) is 6.92 Å². The first-order valence-corrected chi connectivity index (χ1v) is 5.84. The first-order valence-electron chi connectivity index (χ1n) is 5.84. The van der Waals surface area contributed by atoms with Gasteiger partial charge in [-0.2, -0.15) is 0 Å². The quantitative estimate of drug-likeness (QED) is 0.686. The summed E-state index contributed by atoms with van der Waals surface area (Å²) in [5.41, 5.74) is 0.0660. The van der Waals surface area contributed by atoms with E-state index in [9.17, 15) is 14.4 Å². The lowest BCUT2D eigenvalue weighted by Crippen LogP contribution is -2.38. The number of carbonyl (C=O) groups is 3.